The number of alkyl halides is 1. The van der Waals surface area contributed by atoms with E-state index in [0.717, 1.165) is 24.2 Å². The summed E-state index contributed by atoms with van der Waals surface area (Å²) in [6.07, 6.45) is 2.64. The van der Waals surface area contributed by atoms with E-state index in [9.17, 15) is 0 Å². The Labute approximate surface area is 106 Å². The smallest absolute Gasteiger partial charge is 0.119 e. The van der Waals surface area contributed by atoms with E-state index in [4.69, 9.17) is 4.74 Å². The van der Waals surface area contributed by atoms with Gasteiger partial charge in [0, 0.05) is 17.9 Å². The predicted molar refractivity (Wildman–Crippen MR) is 70.3 cm³/mol. The number of halogens is 1. The molecule has 1 unspecified atom stereocenters. The predicted octanol–water partition coefficient (Wildman–Crippen LogP) is 2.92. The van der Waals surface area contributed by atoms with Crippen LogP contribution in [0.15, 0.2) is 30.3 Å². The van der Waals surface area contributed by atoms with Crippen LogP contribution in [0.5, 0.6) is 5.75 Å². The van der Waals surface area contributed by atoms with Gasteiger partial charge in [-0.05, 0) is 31.5 Å². The minimum absolute atomic E-state index is 0.708. The van der Waals surface area contributed by atoms with Crippen molar-refractivity contribution in [3.8, 4) is 5.75 Å². The Bertz CT molecular complexity index is 304. The molecule has 0 radical (unpaired) electrons. The summed E-state index contributed by atoms with van der Waals surface area (Å²) in [4.78, 5) is 2.51. The molecule has 0 N–H and O–H groups in total. The monoisotopic (exact) mass is 283 g/mol. The summed E-state index contributed by atoms with van der Waals surface area (Å²) < 4.78 is 5.70. The van der Waals surface area contributed by atoms with E-state index in [0.29, 0.717) is 6.04 Å². The molecule has 0 aromatic heterocycles. The van der Waals surface area contributed by atoms with Crippen molar-refractivity contribution >= 4 is 15.9 Å². The molecule has 1 heterocycles. The number of para-hydroxylation sites is 1. The minimum Gasteiger partial charge on any atom is -0.492 e. The first kappa shape index (κ1) is 11.9. The van der Waals surface area contributed by atoms with Gasteiger partial charge in [0.1, 0.15) is 12.4 Å². The van der Waals surface area contributed by atoms with Crippen LogP contribution in [0.4, 0.5) is 0 Å². The van der Waals surface area contributed by atoms with Crippen molar-refractivity contribution < 1.29 is 4.74 Å². The number of rotatable bonds is 5. The lowest BCUT2D eigenvalue weighted by atomic mass is 10.2. The molecule has 1 aromatic carbocycles. The van der Waals surface area contributed by atoms with Gasteiger partial charge in [-0.2, -0.15) is 0 Å². The maximum atomic E-state index is 5.70. The third kappa shape index (κ3) is 3.22. The highest BCUT2D eigenvalue weighted by atomic mass is 79.9. The molecule has 3 heteroatoms. The molecule has 88 valence electrons. The van der Waals surface area contributed by atoms with Gasteiger partial charge in [0.25, 0.3) is 0 Å². The molecule has 0 spiro atoms. The summed E-state index contributed by atoms with van der Waals surface area (Å²) in [6, 6.07) is 10.7. The Balaban J connectivity index is 1.72. The van der Waals surface area contributed by atoms with Gasteiger partial charge >= 0.3 is 0 Å². The molecular weight excluding hydrogens is 266 g/mol. The third-order valence-corrected chi connectivity index (χ3v) is 3.82. The van der Waals surface area contributed by atoms with Crippen molar-refractivity contribution in [1.82, 2.24) is 4.90 Å². The Morgan fingerprint density at radius 3 is 2.88 bits per heavy atom. The lowest BCUT2D eigenvalue weighted by Gasteiger charge is -2.22. The van der Waals surface area contributed by atoms with Crippen LogP contribution in [-0.2, 0) is 0 Å². The van der Waals surface area contributed by atoms with Gasteiger partial charge in [0.05, 0.1) is 0 Å². The van der Waals surface area contributed by atoms with Gasteiger partial charge in [0.2, 0.25) is 0 Å². The molecule has 1 aromatic rings. The molecule has 16 heavy (non-hydrogen) atoms. The maximum absolute atomic E-state index is 5.70. The number of nitrogens with zero attached hydrogens (tertiary/aromatic N) is 1. The number of hydrogen-bond acceptors (Lipinski definition) is 2. The highest BCUT2D eigenvalue weighted by molar-refractivity contribution is 9.09. The molecule has 0 aliphatic carbocycles. The Hall–Kier alpha value is -0.540. The van der Waals surface area contributed by atoms with E-state index in [-0.39, 0.29) is 0 Å². The molecular formula is C13H18BrNO. The first-order valence-corrected chi connectivity index (χ1v) is 7.00. The van der Waals surface area contributed by atoms with Gasteiger partial charge in [0.15, 0.2) is 0 Å². The molecule has 1 aliphatic rings. The number of likely N-dealkylation sites (tertiary alicyclic amines) is 1. The Morgan fingerprint density at radius 1 is 1.31 bits per heavy atom. The van der Waals surface area contributed by atoms with E-state index in [1.54, 1.807) is 0 Å². The Kier molecular flexibility index (Phi) is 4.67. The normalized spacial score (nSPS) is 21.2. The summed E-state index contributed by atoms with van der Waals surface area (Å²) in [5.74, 6) is 0.970. The van der Waals surface area contributed by atoms with Crippen LogP contribution in [0.25, 0.3) is 0 Å². The first-order chi connectivity index (χ1) is 7.90. The zero-order valence-corrected chi connectivity index (χ0v) is 11.0. The highest BCUT2D eigenvalue weighted by Gasteiger charge is 2.22. The topological polar surface area (TPSA) is 12.5 Å². The van der Waals surface area contributed by atoms with Gasteiger partial charge in [-0.1, -0.05) is 34.1 Å². The zero-order valence-electron chi connectivity index (χ0n) is 9.44. The van der Waals surface area contributed by atoms with Crippen molar-refractivity contribution in [2.45, 2.75) is 18.9 Å². The first-order valence-electron chi connectivity index (χ1n) is 5.88. The summed E-state index contributed by atoms with van der Waals surface area (Å²) >= 11 is 3.57. The lowest BCUT2D eigenvalue weighted by Crippen LogP contribution is -2.34. The van der Waals surface area contributed by atoms with Crippen LogP contribution in [0, 0.1) is 0 Å². The number of ether oxygens (including phenoxy) is 1. The molecule has 1 atom stereocenters. The fraction of sp³-hybridized carbons (Fsp3) is 0.538. The fourth-order valence-corrected chi connectivity index (χ4v) is 2.89. The van der Waals surface area contributed by atoms with Crippen LogP contribution in [0.1, 0.15) is 12.8 Å². The van der Waals surface area contributed by atoms with E-state index < -0.39 is 0 Å². The lowest BCUT2D eigenvalue weighted by molar-refractivity contribution is 0.207. The molecule has 0 saturated carbocycles. The van der Waals surface area contributed by atoms with Crippen LogP contribution in [0.3, 0.4) is 0 Å². The van der Waals surface area contributed by atoms with Gasteiger partial charge in [-0.25, -0.2) is 0 Å². The largest absolute Gasteiger partial charge is 0.492 e. The minimum atomic E-state index is 0.708. The molecule has 0 amide bonds. The van der Waals surface area contributed by atoms with Crippen LogP contribution < -0.4 is 4.74 Å². The van der Waals surface area contributed by atoms with Crippen LogP contribution in [0.2, 0.25) is 0 Å². The molecule has 1 fully saturated rings. The van der Waals surface area contributed by atoms with Gasteiger partial charge in [-0.15, -0.1) is 0 Å². The average Bonchev–Trinajstić information content (AvgIpc) is 2.78. The standard InChI is InChI=1S/C13H18BrNO/c14-11-12-5-4-8-15(12)9-10-16-13-6-2-1-3-7-13/h1-3,6-7,12H,4-5,8-11H2. The second kappa shape index (κ2) is 6.26. The molecule has 1 saturated heterocycles. The van der Waals surface area contributed by atoms with Crippen molar-refractivity contribution in [2.75, 3.05) is 25.0 Å². The van der Waals surface area contributed by atoms with Crippen molar-refractivity contribution in [2.24, 2.45) is 0 Å². The fourth-order valence-electron chi connectivity index (χ4n) is 2.16. The summed E-state index contributed by atoms with van der Waals surface area (Å²) in [5, 5.41) is 1.08. The maximum Gasteiger partial charge on any atom is 0.119 e. The van der Waals surface area contributed by atoms with Crippen LogP contribution in [-0.4, -0.2) is 36.0 Å². The Morgan fingerprint density at radius 2 is 2.12 bits per heavy atom. The van der Waals surface area contributed by atoms with E-state index >= 15 is 0 Å². The van der Waals surface area contributed by atoms with Crippen LogP contribution >= 0.6 is 15.9 Å². The number of benzene rings is 1. The second-order valence-corrected chi connectivity index (χ2v) is 4.80. The average molecular weight is 284 g/mol. The quantitative estimate of drug-likeness (QED) is 0.771. The molecule has 0 bridgehead atoms. The van der Waals surface area contributed by atoms with Crippen molar-refractivity contribution in [3.05, 3.63) is 30.3 Å². The summed E-state index contributed by atoms with van der Waals surface area (Å²) in [6.45, 7) is 3.03. The summed E-state index contributed by atoms with van der Waals surface area (Å²) in [7, 11) is 0. The summed E-state index contributed by atoms with van der Waals surface area (Å²) in [5.41, 5.74) is 0. The SMILES string of the molecule is BrCC1CCCN1CCOc1ccccc1. The van der Waals surface area contributed by atoms with Gasteiger partial charge < -0.3 is 4.74 Å². The van der Waals surface area contributed by atoms with E-state index in [1.807, 2.05) is 30.3 Å². The van der Waals surface area contributed by atoms with E-state index in [1.165, 1.54) is 19.4 Å². The molecule has 1 aliphatic heterocycles. The van der Waals surface area contributed by atoms with Crippen molar-refractivity contribution in [3.63, 3.8) is 0 Å². The van der Waals surface area contributed by atoms with Gasteiger partial charge in [-0.3, -0.25) is 4.90 Å². The molecule has 2 nitrogen and oxygen atoms in total. The molecule has 2 rings (SSSR count). The second-order valence-electron chi connectivity index (χ2n) is 4.15. The third-order valence-electron chi connectivity index (χ3n) is 3.07. The zero-order chi connectivity index (χ0) is 11.2. The van der Waals surface area contributed by atoms with E-state index in [2.05, 4.69) is 20.8 Å². The van der Waals surface area contributed by atoms with Crippen molar-refractivity contribution in [1.29, 1.82) is 0 Å². The highest BCUT2D eigenvalue weighted by Crippen LogP contribution is 2.18. The number of hydrogen-bond donors (Lipinski definition) is 0.